The van der Waals surface area contributed by atoms with E-state index in [0.717, 1.165) is 38.0 Å². The minimum atomic E-state index is 0.0549. The van der Waals surface area contributed by atoms with E-state index in [-0.39, 0.29) is 17.9 Å². The Balaban J connectivity index is 1.28. The first-order valence-corrected chi connectivity index (χ1v) is 11.3. The Morgan fingerprint density at radius 1 is 1.10 bits per heavy atom. The van der Waals surface area contributed by atoms with Crippen LogP contribution in [0.25, 0.3) is 0 Å². The predicted octanol–water partition coefficient (Wildman–Crippen LogP) is 5.57. The van der Waals surface area contributed by atoms with Crippen molar-refractivity contribution in [1.82, 2.24) is 10.2 Å². The number of nitrogens with zero attached hydrogens (tertiary/aromatic N) is 1. The summed E-state index contributed by atoms with van der Waals surface area (Å²) in [6, 6.07) is 12.4. The van der Waals surface area contributed by atoms with Gasteiger partial charge in [0.05, 0.1) is 6.04 Å². The monoisotopic (exact) mass is 430 g/mol. The maximum absolute atomic E-state index is 12.8. The number of hydrogen-bond acceptors (Lipinski definition) is 2. The molecule has 0 spiro atoms. The molecule has 1 N–H and O–H groups in total. The molecule has 1 heterocycles. The first kappa shape index (κ1) is 20.7. The van der Waals surface area contributed by atoms with Gasteiger partial charge in [0.15, 0.2) is 0 Å². The quantitative estimate of drug-likeness (QED) is 0.671. The molecule has 1 aliphatic heterocycles. The summed E-state index contributed by atoms with van der Waals surface area (Å²) in [4.78, 5) is 15.2. The van der Waals surface area contributed by atoms with Crippen molar-refractivity contribution < 1.29 is 4.79 Å². The van der Waals surface area contributed by atoms with Gasteiger partial charge in [-0.2, -0.15) is 0 Å². The highest BCUT2D eigenvalue weighted by atomic mass is 35.5. The van der Waals surface area contributed by atoms with Crippen molar-refractivity contribution in [3.8, 4) is 0 Å². The molecule has 0 saturated carbocycles. The highest BCUT2D eigenvalue weighted by molar-refractivity contribution is 6.35. The number of fused-ring (bicyclic) bond motifs is 1. The number of carbonyl (C=O) groups excluding carboxylic acids is 1. The molecule has 1 aliphatic carbocycles. The number of amides is 1. The fraction of sp³-hybridized carbons (Fsp3) is 0.458. The molecule has 154 valence electrons. The van der Waals surface area contributed by atoms with Crippen LogP contribution in [0.4, 0.5) is 0 Å². The third-order valence-electron chi connectivity index (χ3n) is 6.35. The second kappa shape index (κ2) is 9.07. The molecule has 1 amide bonds. The standard InChI is InChI=1S/C24H28Cl2N2O/c1-16(19-6-5-17-3-2-4-20(17)13-19)27-24(29)18-9-11-28(12-10-18)15-21-7-8-22(25)14-23(21)26/h5-8,13-14,16,18H,2-4,9-12,15H2,1H3,(H,27,29)/t16-/m1/s1. The molecule has 2 aliphatic rings. The molecule has 1 fully saturated rings. The fourth-order valence-corrected chi connectivity index (χ4v) is 4.99. The summed E-state index contributed by atoms with van der Waals surface area (Å²) in [5.74, 6) is 0.269. The fourth-order valence-electron chi connectivity index (χ4n) is 4.52. The van der Waals surface area contributed by atoms with E-state index < -0.39 is 0 Å². The zero-order chi connectivity index (χ0) is 20.4. The number of rotatable bonds is 5. The van der Waals surface area contributed by atoms with Crippen LogP contribution in [-0.2, 0) is 24.2 Å². The van der Waals surface area contributed by atoms with Crippen LogP contribution in [-0.4, -0.2) is 23.9 Å². The average molecular weight is 431 g/mol. The molecule has 1 atom stereocenters. The van der Waals surface area contributed by atoms with Gasteiger partial charge in [-0.25, -0.2) is 0 Å². The van der Waals surface area contributed by atoms with Crippen molar-refractivity contribution >= 4 is 29.1 Å². The van der Waals surface area contributed by atoms with Crippen LogP contribution in [0.3, 0.4) is 0 Å². The molecule has 1 saturated heterocycles. The van der Waals surface area contributed by atoms with Gasteiger partial charge in [0.1, 0.15) is 0 Å². The molecule has 5 heteroatoms. The van der Waals surface area contributed by atoms with Crippen LogP contribution < -0.4 is 5.32 Å². The van der Waals surface area contributed by atoms with Crippen LogP contribution in [0.1, 0.15) is 54.5 Å². The minimum absolute atomic E-state index is 0.0549. The lowest BCUT2D eigenvalue weighted by Crippen LogP contribution is -2.40. The van der Waals surface area contributed by atoms with Gasteiger partial charge in [0, 0.05) is 22.5 Å². The molecule has 29 heavy (non-hydrogen) atoms. The van der Waals surface area contributed by atoms with Crippen LogP contribution in [0.15, 0.2) is 36.4 Å². The Labute approximate surface area is 183 Å². The summed E-state index contributed by atoms with van der Waals surface area (Å²) in [6.07, 6.45) is 5.37. The third-order valence-corrected chi connectivity index (χ3v) is 6.94. The summed E-state index contributed by atoms with van der Waals surface area (Å²) < 4.78 is 0. The summed E-state index contributed by atoms with van der Waals surface area (Å²) in [5, 5.41) is 4.61. The number of piperidine rings is 1. The highest BCUT2D eigenvalue weighted by Crippen LogP contribution is 2.27. The van der Waals surface area contributed by atoms with Crippen molar-refractivity contribution in [3.05, 3.63) is 68.7 Å². The van der Waals surface area contributed by atoms with E-state index in [0.29, 0.717) is 10.0 Å². The van der Waals surface area contributed by atoms with Gasteiger partial charge >= 0.3 is 0 Å². The van der Waals surface area contributed by atoms with Gasteiger partial charge in [0.2, 0.25) is 5.91 Å². The molecule has 3 nitrogen and oxygen atoms in total. The summed E-state index contributed by atoms with van der Waals surface area (Å²) in [6.45, 7) is 4.71. The van der Waals surface area contributed by atoms with Gasteiger partial charge in [-0.3, -0.25) is 9.69 Å². The topological polar surface area (TPSA) is 32.3 Å². The van der Waals surface area contributed by atoms with Crippen LogP contribution in [0.5, 0.6) is 0 Å². The third kappa shape index (κ3) is 4.96. The van der Waals surface area contributed by atoms with Crippen molar-refractivity contribution in [2.45, 2.75) is 51.6 Å². The molecule has 0 aromatic heterocycles. The Kier molecular flexibility index (Phi) is 6.48. The van der Waals surface area contributed by atoms with E-state index in [1.807, 2.05) is 12.1 Å². The van der Waals surface area contributed by atoms with Gasteiger partial charge in [-0.05, 0) is 86.5 Å². The molecule has 0 bridgehead atoms. The molecule has 0 radical (unpaired) electrons. The zero-order valence-electron chi connectivity index (χ0n) is 16.9. The van der Waals surface area contributed by atoms with Crippen molar-refractivity contribution in [3.63, 3.8) is 0 Å². The SMILES string of the molecule is C[C@@H](NC(=O)C1CCN(Cc2ccc(Cl)cc2Cl)CC1)c1ccc2c(c1)CCC2. The number of nitrogens with one attached hydrogen (secondary N) is 1. The molecule has 4 rings (SSSR count). The lowest BCUT2D eigenvalue weighted by Gasteiger charge is -2.32. The van der Waals surface area contributed by atoms with E-state index in [1.54, 1.807) is 6.07 Å². The number of hydrogen-bond donors (Lipinski definition) is 1. The van der Waals surface area contributed by atoms with E-state index in [4.69, 9.17) is 23.2 Å². The zero-order valence-corrected chi connectivity index (χ0v) is 18.4. The normalized spacial score (nSPS) is 18.4. The average Bonchev–Trinajstić information content (AvgIpc) is 3.18. The van der Waals surface area contributed by atoms with E-state index in [9.17, 15) is 4.79 Å². The number of carbonyl (C=O) groups is 1. The van der Waals surface area contributed by atoms with Gasteiger partial charge in [0.25, 0.3) is 0 Å². The lowest BCUT2D eigenvalue weighted by molar-refractivity contribution is -0.127. The van der Waals surface area contributed by atoms with Gasteiger partial charge in [-0.15, -0.1) is 0 Å². The number of likely N-dealkylation sites (tertiary alicyclic amines) is 1. The molecule has 2 aromatic rings. The molecular weight excluding hydrogens is 403 g/mol. The van der Waals surface area contributed by atoms with E-state index >= 15 is 0 Å². The lowest BCUT2D eigenvalue weighted by atomic mass is 9.94. The smallest absolute Gasteiger partial charge is 0.223 e. The minimum Gasteiger partial charge on any atom is -0.349 e. The van der Waals surface area contributed by atoms with Crippen LogP contribution in [0, 0.1) is 5.92 Å². The predicted molar refractivity (Wildman–Crippen MR) is 119 cm³/mol. The second-order valence-corrected chi connectivity index (χ2v) is 9.24. The summed E-state index contributed by atoms with van der Waals surface area (Å²) in [7, 11) is 0. The number of aryl methyl sites for hydroxylation is 2. The van der Waals surface area contributed by atoms with Crippen molar-refractivity contribution in [1.29, 1.82) is 0 Å². The highest BCUT2D eigenvalue weighted by Gasteiger charge is 2.26. The van der Waals surface area contributed by atoms with Crippen LogP contribution in [0.2, 0.25) is 10.0 Å². The largest absolute Gasteiger partial charge is 0.349 e. The Bertz CT molecular complexity index is 890. The van der Waals surface area contributed by atoms with Gasteiger partial charge in [-0.1, -0.05) is 47.5 Å². The van der Waals surface area contributed by atoms with E-state index in [2.05, 4.69) is 35.3 Å². The Hall–Kier alpha value is -1.55. The molecule has 0 unspecified atom stereocenters. The maximum Gasteiger partial charge on any atom is 0.223 e. The Morgan fingerprint density at radius 3 is 2.62 bits per heavy atom. The van der Waals surface area contributed by atoms with E-state index in [1.165, 1.54) is 36.0 Å². The van der Waals surface area contributed by atoms with Gasteiger partial charge < -0.3 is 5.32 Å². The molecular formula is C24H28Cl2N2O. The van der Waals surface area contributed by atoms with Crippen LogP contribution >= 0.6 is 23.2 Å². The van der Waals surface area contributed by atoms with Crippen molar-refractivity contribution in [2.75, 3.05) is 13.1 Å². The Morgan fingerprint density at radius 2 is 1.86 bits per heavy atom. The number of halogens is 2. The summed E-state index contributed by atoms with van der Waals surface area (Å²) in [5.41, 5.74) is 5.23. The molecule has 2 aromatic carbocycles. The summed E-state index contributed by atoms with van der Waals surface area (Å²) >= 11 is 12.3. The first-order chi connectivity index (χ1) is 14.0. The second-order valence-electron chi connectivity index (χ2n) is 8.40. The maximum atomic E-state index is 12.8. The first-order valence-electron chi connectivity index (χ1n) is 10.6. The van der Waals surface area contributed by atoms with Crippen molar-refractivity contribution in [2.24, 2.45) is 5.92 Å². The number of benzene rings is 2.